The molecule has 0 saturated heterocycles. The van der Waals surface area contributed by atoms with Crippen LogP contribution in [0.3, 0.4) is 0 Å². The minimum atomic E-state index is -4.40. The molecule has 0 heterocycles. The number of aliphatic hydroxyl groups excluding tert-OH is 2. The van der Waals surface area contributed by atoms with Crippen molar-refractivity contribution in [3.8, 4) is 0 Å². The van der Waals surface area contributed by atoms with Crippen LogP contribution in [0.4, 0.5) is 0 Å². The zero-order valence-electron chi connectivity index (χ0n) is 30.1. The summed E-state index contributed by atoms with van der Waals surface area (Å²) in [6, 6.07) is -1.14. The van der Waals surface area contributed by atoms with E-state index in [-0.39, 0.29) is 0 Å². The molecule has 0 spiro atoms. The molecule has 0 aromatic rings. The van der Waals surface area contributed by atoms with E-state index in [1.807, 2.05) is 0 Å². The lowest BCUT2D eigenvalue weighted by Gasteiger charge is -2.24. The number of amides is 1. The Hall–Kier alpha value is -0.960. The van der Waals surface area contributed by atoms with Crippen LogP contribution >= 0.6 is 0 Å². The van der Waals surface area contributed by atoms with Gasteiger partial charge in [-0.3, -0.25) is 9.35 Å². The normalized spacial score (nSPS) is 14.1. The quantitative estimate of drug-likeness (QED) is 0.0302. The molecule has 46 heavy (non-hydrogen) atoms. The Bertz CT molecular complexity index is 803. The molecule has 7 nitrogen and oxygen atoms in total. The maximum absolute atomic E-state index is 12.6. The summed E-state index contributed by atoms with van der Waals surface area (Å²) in [5, 5.41) is 23.4. The predicted octanol–water partition coefficient (Wildman–Crippen LogP) is 9.99. The molecule has 4 N–H and O–H groups in total. The zero-order chi connectivity index (χ0) is 34.1. The number of hydrogen-bond donors (Lipinski definition) is 4. The van der Waals surface area contributed by atoms with Crippen molar-refractivity contribution in [3.63, 3.8) is 0 Å². The van der Waals surface area contributed by atoms with Crippen LogP contribution < -0.4 is 5.32 Å². The van der Waals surface area contributed by atoms with Gasteiger partial charge in [-0.25, -0.2) is 0 Å². The SMILES string of the molecule is CCCCCCCCCC/C=C\CCCCCCCCC(O)C(=O)NC(CS(=O)(=O)O)C(O)CCCCCCCCCCCCC. The summed E-state index contributed by atoms with van der Waals surface area (Å²) in [6.45, 7) is 4.48. The molecule has 1 amide bonds. The third kappa shape index (κ3) is 31.6. The van der Waals surface area contributed by atoms with Gasteiger partial charge in [-0.2, -0.15) is 8.42 Å². The van der Waals surface area contributed by atoms with Gasteiger partial charge in [0.05, 0.1) is 17.9 Å². The van der Waals surface area contributed by atoms with Crippen LogP contribution in [0.15, 0.2) is 12.2 Å². The molecule has 0 saturated carbocycles. The van der Waals surface area contributed by atoms with E-state index in [9.17, 15) is 28.0 Å². The lowest BCUT2D eigenvalue weighted by molar-refractivity contribution is -0.131. The fraction of sp³-hybridized carbons (Fsp3) is 0.921. The Morgan fingerprint density at radius 3 is 1.30 bits per heavy atom. The highest BCUT2D eigenvalue weighted by Gasteiger charge is 2.28. The van der Waals surface area contributed by atoms with Crippen molar-refractivity contribution in [1.29, 1.82) is 0 Å². The first-order chi connectivity index (χ1) is 22.2. The van der Waals surface area contributed by atoms with Crippen LogP contribution in [-0.2, 0) is 14.9 Å². The van der Waals surface area contributed by atoms with Crippen LogP contribution in [0.1, 0.15) is 200 Å². The Labute approximate surface area is 284 Å². The topological polar surface area (TPSA) is 124 Å². The summed E-state index contributed by atoms with van der Waals surface area (Å²) in [5.41, 5.74) is 0. The average Bonchev–Trinajstić information content (AvgIpc) is 3.01. The first-order valence-electron chi connectivity index (χ1n) is 19.5. The molecule has 3 atom stereocenters. The maximum atomic E-state index is 12.6. The van der Waals surface area contributed by atoms with Gasteiger partial charge in [0.25, 0.3) is 10.1 Å². The van der Waals surface area contributed by atoms with Crippen molar-refractivity contribution in [1.82, 2.24) is 5.32 Å². The lowest BCUT2D eigenvalue weighted by Crippen LogP contribution is -2.50. The molecule has 0 rings (SSSR count). The molecule has 8 heteroatoms. The lowest BCUT2D eigenvalue weighted by atomic mass is 10.0. The van der Waals surface area contributed by atoms with Crippen LogP contribution in [0.25, 0.3) is 0 Å². The van der Waals surface area contributed by atoms with Crippen LogP contribution in [0, 0.1) is 0 Å². The van der Waals surface area contributed by atoms with Crippen molar-refractivity contribution in [3.05, 3.63) is 12.2 Å². The Balaban J connectivity index is 3.98. The Morgan fingerprint density at radius 2 is 0.913 bits per heavy atom. The van der Waals surface area contributed by atoms with Gasteiger partial charge in [0.1, 0.15) is 6.10 Å². The van der Waals surface area contributed by atoms with Crippen LogP contribution in [0.5, 0.6) is 0 Å². The summed E-state index contributed by atoms with van der Waals surface area (Å²) in [6.07, 6.45) is 35.2. The predicted molar refractivity (Wildman–Crippen MR) is 195 cm³/mol. The van der Waals surface area contributed by atoms with Gasteiger partial charge in [0, 0.05) is 0 Å². The Morgan fingerprint density at radius 1 is 0.565 bits per heavy atom. The highest BCUT2D eigenvalue weighted by Crippen LogP contribution is 2.15. The Kier molecular flexibility index (Phi) is 31.9. The third-order valence-electron chi connectivity index (χ3n) is 9.08. The molecule has 274 valence electrons. The van der Waals surface area contributed by atoms with E-state index in [0.717, 1.165) is 44.9 Å². The first kappa shape index (κ1) is 45.0. The number of carbonyl (C=O) groups excluding carboxylic acids is 1. The van der Waals surface area contributed by atoms with E-state index in [1.165, 1.54) is 116 Å². The standard InChI is InChI=1S/C38H75NO6S/c1-3-5-7-9-11-13-15-16-17-18-19-20-21-23-25-27-29-31-33-37(41)38(42)39-35(34-46(43,44)45)36(40)32-30-28-26-24-22-14-12-10-8-6-4-2/h18-19,35-37,40-41H,3-17,20-34H2,1-2H3,(H,39,42)(H,43,44,45)/b19-18-. The van der Waals surface area contributed by atoms with Gasteiger partial charge in [-0.1, -0.05) is 174 Å². The highest BCUT2D eigenvalue weighted by atomic mass is 32.2. The van der Waals surface area contributed by atoms with E-state index >= 15 is 0 Å². The highest BCUT2D eigenvalue weighted by molar-refractivity contribution is 7.85. The fourth-order valence-corrected chi connectivity index (χ4v) is 6.80. The average molecular weight is 674 g/mol. The second-order valence-electron chi connectivity index (χ2n) is 13.7. The van der Waals surface area contributed by atoms with E-state index in [4.69, 9.17) is 0 Å². The monoisotopic (exact) mass is 674 g/mol. The number of carbonyl (C=O) groups is 1. The third-order valence-corrected chi connectivity index (χ3v) is 9.86. The maximum Gasteiger partial charge on any atom is 0.266 e. The van der Waals surface area contributed by atoms with Gasteiger partial charge in [0.15, 0.2) is 0 Å². The van der Waals surface area contributed by atoms with Gasteiger partial charge >= 0.3 is 0 Å². The first-order valence-corrected chi connectivity index (χ1v) is 21.1. The minimum absolute atomic E-state index is 0.292. The molecular weight excluding hydrogens is 598 g/mol. The molecule has 0 aromatic carbocycles. The number of unbranched alkanes of at least 4 members (excludes halogenated alkanes) is 24. The molecule has 0 aromatic heterocycles. The summed E-state index contributed by atoms with van der Waals surface area (Å²) in [7, 11) is -4.40. The van der Waals surface area contributed by atoms with E-state index in [1.54, 1.807) is 0 Å². The minimum Gasteiger partial charge on any atom is -0.391 e. The zero-order valence-corrected chi connectivity index (χ0v) is 30.9. The smallest absolute Gasteiger partial charge is 0.266 e. The molecule has 0 aliphatic carbocycles. The van der Waals surface area contributed by atoms with Gasteiger partial charge < -0.3 is 15.5 Å². The number of nitrogens with one attached hydrogen (secondary N) is 1. The summed E-state index contributed by atoms with van der Waals surface area (Å²) in [5.74, 6) is -1.45. The number of rotatable bonds is 35. The van der Waals surface area contributed by atoms with Crippen molar-refractivity contribution in [2.24, 2.45) is 0 Å². The summed E-state index contributed by atoms with van der Waals surface area (Å²) >= 11 is 0. The molecule has 3 unspecified atom stereocenters. The molecule has 0 aliphatic heterocycles. The van der Waals surface area contributed by atoms with Gasteiger partial charge in [0.2, 0.25) is 5.91 Å². The van der Waals surface area contributed by atoms with Gasteiger partial charge in [-0.05, 0) is 38.5 Å². The van der Waals surface area contributed by atoms with E-state index < -0.39 is 40.0 Å². The second-order valence-corrected chi connectivity index (χ2v) is 15.2. The largest absolute Gasteiger partial charge is 0.391 e. The second kappa shape index (κ2) is 32.6. The van der Waals surface area contributed by atoms with Gasteiger partial charge in [-0.15, -0.1) is 0 Å². The summed E-state index contributed by atoms with van der Waals surface area (Å²) < 4.78 is 32.4. The molecule has 0 fully saturated rings. The number of hydrogen-bond acceptors (Lipinski definition) is 5. The van der Waals surface area contributed by atoms with Crippen molar-refractivity contribution in [2.45, 2.75) is 218 Å². The molecule has 0 aliphatic rings. The summed E-state index contributed by atoms with van der Waals surface area (Å²) in [4.78, 5) is 12.6. The number of allylic oxidation sites excluding steroid dienone is 2. The van der Waals surface area contributed by atoms with E-state index in [2.05, 4.69) is 31.3 Å². The van der Waals surface area contributed by atoms with E-state index in [0.29, 0.717) is 25.7 Å². The number of aliphatic hydroxyl groups is 2. The molecule has 0 radical (unpaired) electrons. The van der Waals surface area contributed by atoms with Crippen LogP contribution in [0.2, 0.25) is 0 Å². The fourth-order valence-electron chi connectivity index (χ4n) is 6.04. The van der Waals surface area contributed by atoms with Crippen LogP contribution in [-0.4, -0.2) is 53.1 Å². The van der Waals surface area contributed by atoms with Crippen molar-refractivity contribution in [2.75, 3.05) is 5.75 Å². The molecule has 0 bridgehead atoms. The van der Waals surface area contributed by atoms with Crippen molar-refractivity contribution >= 4 is 16.0 Å². The molecular formula is C38H75NO6S. The van der Waals surface area contributed by atoms with Crippen molar-refractivity contribution < 1.29 is 28.0 Å².